The Bertz CT molecular complexity index is 810. The summed E-state index contributed by atoms with van der Waals surface area (Å²) in [5, 5.41) is 15.0. The van der Waals surface area contributed by atoms with Crippen LogP contribution < -0.4 is 15.4 Å². The molecule has 4 aliphatic rings. The Kier molecular flexibility index (Phi) is 5.24. The van der Waals surface area contributed by atoms with Crippen molar-refractivity contribution in [2.45, 2.75) is 38.5 Å². The lowest BCUT2D eigenvalue weighted by Crippen LogP contribution is -2.51. The number of hydrogen-bond donors (Lipinski definition) is 2. The number of carbonyl (C=O) groups is 1. The fourth-order valence-electron chi connectivity index (χ4n) is 5.79. The van der Waals surface area contributed by atoms with Gasteiger partial charge in [0.15, 0.2) is 11.4 Å². The Morgan fingerprint density at radius 2 is 1.89 bits per heavy atom. The molecule has 4 bridgehead atoms. The molecule has 1 amide bonds. The molecule has 0 spiro atoms. The average molecular weight is 399 g/mol. The topological polar surface area (TPSA) is 86.5 Å². The Balaban J connectivity index is 1.53. The Labute approximate surface area is 170 Å². The summed E-state index contributed by atoms with van der Waals surface area (Å²) < 4.78 is 5.50. The molecule has 0 heterocycles. The minimum absolute atomic E-state index is 0.150. The zero-order valence-electron chi connectivity index (χ0n) is 16.3. The maximum Gasteiger partial charge on any atom is 0.230 e. The van der Waals surface area contributed by atoms with Gasteiger partial charge in [0.2, 0.25) is 5.91 Å². The van der Waals surface area contributed by atoms with Crippen LogP contribution in [-0.4, -0.2) is 24.4 Å². The van der Waals surface area contributed by atoms with Crippen molar-refractivity contribution in [1.29, 1.82) is 5.26 Å². The number of nitrogens with one attached hydrogen (secondary N) is 2. The van der Waals surface area contributed by atoms with E-state index in [1.807, 2.05) is 24.6 Å². The van der Waals surface area contributed by atoms with Crippen LogP contribution in [-0.2, 0) is 4.79 Å². The van der Waals surface area contributed by atoms with Crippen LogP contribution in [0.25, 0.3) is 0 Å². The highest BCUT2D eigenvalue weighted by Gasteiger charge is 2.54. The predicted molar refractivity (Wildman–Crippen MR) is 112 cm³/mol. The van der Waals surface area contributed by atoms with Crippen LogP contribution >= 0.6 is 11.8 Å². The van der Waals surface area contributed by atoms with E-state index in [0.29, 0.717) is 22.3 Å². The number of rotatable bonds is 4. The zero-order valence-corrected chi connectivity index (χ0v) is 17.1. The number of nitrogens with zero attached hydrogens (tertiary/aromatic N) is 2. The van der Waals surface area contributed by atoms with Crippen LogP contribution in [0.15, 0.2) is 23.2 Å². The van der Waals surface area contributed by atoms with Crippen molar-refractivity contribution < 1.29 is 9.53 Å². The van der Waals surface area contributed by atoms with Crippen molar-refractivity contribution in [3.05, 3.63) is 18.2 Å². The van der Waals surface area contributed by atoms with Crippen molar-refractivity contribution in [2.75, 3.05) is 18.7 Å². The first-order valence-electron chi connectivity index (χ1n) is 9.82. The summed E-state index contributed by atoms with van der Waals surface area (Å²) in [6.45, 7) is 0. The van der Waals surface area contributed by atoms with E-state index in [4.69, 9.17) is 10.00 Å². The largest absolute Gasteiger partial charge is 0.494 e. The number of benzene rings is 1. The molecule has 1 aromatic rings. The number of aliphatic imine (C=N–C) groups is 1. The van der Waals surface area contributed by atoms with Crippen LogP contribution in [0.3, 0.4) is 0 Å². The van der Waals surface area contributed by atoms with E-state index < -0.39 is 0 Å². The lowest BCUT2D eigenvalue weighted by molar-refractivity contribution is -0.140. The van der Waals surface area contributed by atoms with Gasteiger partial charge in [-0.15, -0.1) is 0 Å². The predicted octanol–water partition coefficient (Wildman–Crippen LogP) is 4.27. The second-order valence-corrected chi connectivity index (χ2v) is 9.19. The summed E-state index contributed by atoms with van der Waals surface area (Å²) in [6.07, 6.45) is 10.8. The first-order chi connectivity index (χ1) is 13.5. The lowest BCUT2D eigenvalue weighted by atomic mass is 9.49. The van der Waals surface area contributed by atoms with Gasteiger partial charge in [-0.25, -0.2) is 4.99 Å². The number of amidine groups is 1. The van der Waals surface area contributed by atoms with Crippen molar-refractivity contribution in [3.8, 4) is 11.9 Å². The molecule has 0 atom stereocenters. The summed E-state index contributed by atoms with van der Waals surface area (Å²) in [5.41, 5.74) is 1.15. The number of hydrogen-bond acceptors (Lipinski definition) is 5. The third kappa shape index (κ3) is 3.58. The van der Waals surface area contributed by atoms with Gasteiger partial charge in [0, 0.05) is 6.07 Å². The van der Waals surface area contributed by atoms with Gasteiger partial charge in [-0.05, 0) is 74.7 Å². The van der Waals surface area contributed by atoms with Crippen LogP contribution in [0, 0.1) is 34.6 Å². The van der Waals surface area contributed by atoms with E-state index >= 15 is 0 Å². The summed E-state index contributed by atoms with van der Waals surface area (Å²) >= 11 is 1.36. The molecule has 4 fully saturated rings. The highest BCUT2D eigenvalue weighted by atomic mass is 32.2. The van der Waals surface area contributed by atoms with Gasteiger partial charge in [0.25, 0.3) is 0 Å². The molecule has 0 aromatic heterocycles. The molecule has 0 radical (unpaired) electrons. The second-order valence-electron chi connectivity index (χ2n) is 8.39. The molecule has 28 heavy (non-hydrogen) atoms. The Morgan fingerprint density at radius 3 is 2.43 bits per heavy atom. The van der Waals surface area contributed by atoms with Gasteiger partial charge in [-0.1, -0.05) is 11.8 Å². The minimum Gasteiger partial charge on any atom is -0.494 e. The molecular formula is C21H26N4O2S. The van der Waals surface area contributed by atoms with Crippen molar-refractivity contribution in [2.24, 2.45) is 28.2 Å². The van der Waals surface area contributed by atoms with Crippen LogP contribution in [0.1, 0.15) is 38.5 Å². The molecule has 148 valence electrons. The average Bonchev–Trinajstić information content (AvgIpc) is 2.67. The summed E-state index contributed by atoms with van der Waals surface area (Å²) in [7, 11) is 1.59. The second kappa shape index (κ2) is 7.67. The quantitative estimate of drug-likeness (QED) is 0.342. The lowest BCUT2D eigenvalue weighted by Gasteiger charge is -2.55. The van der Waals surface area contributed by atoms with Gasteiger partial charge in [0.1, 0.15) is 5.75 Å². The maximum atomic E-state index is 13.3. The van der Waals surface area contributed by atoms with Crippen LogP contribution in [0.4, 0.5) is 11.4 Å². The first kappa shape index (κ1) is 19.1. The smallest absolute Gasteiger partial charge is 0.230 e. The Hall–Kier alpha value is -2.20. The van der Waals surface area contributed by atoms with E-state index in [1.54, 1.807) is 13.2 Å². The summed E-state index contributed by atoms with van der Waals surface area (Å²) in [4.78, 5) is 17.7. The minimum atomic E-state index is -0.195. The third-order valence-corrected chi connectivity index (χ3v) is 7.12. The molecular weight excluding hydrogens is 372 g/mol. The molecule has 0 unspecified atom stereocenters. The zero-order chi connectivity index (χ0) is 19.7. The van der Waals surface area contributed by atoms with Gasteiger partial charge < -0.3 is 10.1 Å². The van der Waals surface area contributed by atoms with Crippen LogP contribution in [0.2, 0.25) is 0 Å². The summed E-state index contributed by atoms with van der Waals surface area (Å²) in [5.74, 6) is 2.92. The molecule has 1 aromatic carbocycles. The molecule has 5 rings (SSSR count). The van der Waals surface area contributed by atoms with E-state index in [-0.39, 0.29) is 11.3 Å². The number of thioether (sulfide) groups is 1. The number of ether oxygens (including phenoxy) is 1. The third-order valence-electron chi connectivity index (χ3n) is 6.54. The standard InChI is InChI=1S/C21H26N4O2S/c1-27-18-8-16(24-20(28-2)23-12-22)3-4-17(18)25-19(26)21-9-13-5-14(10-21)7-15(6-13)11-21/h3-4,8,13-15H,5-7,9-11H2,1-2H3,(H,23,24)(H,25,26). The molecule has 2 N–H and O–H groups in total. The number of amides is 1. The maximum absolute atomic E-state index is 13.3. The summed E-state index contributed by atoms with van der Waals surface area (Å²) in [6, 6.07) is 5.44. The van der Waals surface area contributed by atoms with Crippen molar-refractivity contribution in [3.63, 3.8) is 0 Å². The molecule has 0 saturated heterocycles. The number of nitriles is 1. The van der Waals surface area contributed by atoms with E-state index in [1.165, 1.54) is 31.0 Å². The van der Waals surface area contributed by atoms with Gasteiger partial charge in [0.05, 0.1) is 23.9 Å². The fourth-order valence-corrected chi connectivity index (χ4v) is 6.13. The van der Waals surface area contributed by atoms with E-state index in [0.717, 1.165) is 37.0 Å². The molecule has 6 nitrogen and oxygen atoms in total. The van der Waals surface area contributed by atoms with Gasteiger partial charge in [-0.3, -0.25) is 10.1 Å². The highest BCUT2D eigenvalue weighted by Crippen LogP contribution is 2.60. The van der Waals surface area contributed by atoms with E-state index in [2.05, 4.69) is 15.6 Å². The number of methoxy groups -OCH3 is 1. The number of anilines is 1. The number of carbonyl (C=O) groups excluding carboxylic acids is 1. The highest BCUT2D eigenvalue weighted by molar-refractivity contribution is 8.13. The molecule has 0 aliphatic heterocycles. The van der Waals surface area contributed by atoms with E-state index in [9.17, 15) is 4.79 Å². The molecule has 7 heteroatoms. The van der Waals surface area contributed by atoms with Gasteiger partial charge in [-0.2, -0.15) is 5.26 Å². The van der Waals surface area contributed by atoms with Crippen molar-refractivity contribution in [1.82, 2.24) is 5.32 Å². The fraction of sp³-hybridized carbons (Fsp3) is 0.571. The van der Waals surface area contributed by atoms with Crippen molar-refractivity contribution >= 4 is 34.2 Å². The Morgan fingerprint density at radius 1 is 1.25 bits per heavy atom. The molecule has 4 saturated carbocycles. The monoisotopic (exact) mass is 398 g/mol. The normalized spacial score (nSPS) is 30.6. The first-order valence-corrected chi connectivity index (χ1v) is 11.0. The van der Waals surface area contributed by atoms with Gasteiger partial charge >= 0.3 is 0 Å². The van der Waals surface area contributed by atoms with Crippen LogP contribution in [0.5, 0.6) is 5.75 Å². The molecule has 4 aliphatic carbocycles. The SMILES string of the molecule is COc1cc(N=C(NC#N)SC)ccc1NC(=O)C12CC3CC(CC(C3)C1)C2.